The number of hydrogen-bond donors (Lipinski definition) is 1. The molecular formula is C15H11NO3S2. The van der Waals surface area contributed by atoms with Crippen molar-refractivity contribution in [2.45, 2.75) is 10.6 Å². The highest BCUT2D eigenvalue weighted by molar-refractivity contribution is 7.98. The van der Waals surface area contributed by atoms with Crippen LogP contribution < -0.4 is 0 Å². The van der Waals surface area contributed by atoms with E-state index in [-0.39, 0.29) is 0 Å². The molecule has 0 saturated carbocycles. The van der Waals surface area contributed by atoms with E-state index >= 15 is 0 Å². The highest BCUT2D eigenvalue weighted by Gasteiger charge is 2.09. The highest BCUT2D eigenvalue weighted by atomic mass is 32.2. The minimum absolute atomic E-state index is 0.291. The number of carboxylic acid groups (broad SMARTS) is 1. The predicted molar refractivity (Wildman–Crippen MR) is 82.8 cm³/mol. The number of nitrogens with zero attached hydrogens (tertiary/aromatic N) is 1. The first-order valence-corrected chi connectivity index (χ1v) is 8.03. The van der Waals surface area contributed by atoms with Gasteiger partial charge in [0.1, 0.15) is 6.26 Å². The fourth-order valence-corrected chi connectivity index (χ4v) is 3.25. The quantitative estimate of drug-likeness (QED) is 0.707. The molecule has 1 aromatic carbocycles. The van der Waals surface area contributed by atoms with Crippen LogP contribution in [0.3, 0.4) is 0 Å². The maximum Gasteiger partial charge on any atom is 0.335 e. The van der Waals surface area contributed by atoms with Crippen molar-refractivity contribution in [1.29, 1.82) is 0 Å². The highest BCUT2D eigenvalue weighted by Crippen LogP contribution is 2.27. The van der Waals surface area contributed by atoms with E-state index in [0.29, 0.717) is 17.2 Å². The van der Waals surface area contributed by atoms with Crippen LogP contribution in [0, 0.1) is 0 Å². The molecule has 0 bridgehead atoms. The first-order valence-electron chi connectivity index (χ1n) is 6.17. The summed E-state index contributed by atoms with van der Waals surface area (Å²) < 4.78 is 5.45. The smallest absolute Gasteiger partial charge is 0.335 e. The van der Waals surface area contributed by atoms with E-state index in [2.05, 4.69) is 4.98 Å². The predicted octanol–water partition coefficient (Wildman–Crippen LogP) is 4.39. The molecule has 0 unspecified atom stereocenters. The average Bonchev–Trinajstić information content (AvgIpc) is 3.16. The lowest BCUT2D eigenvalue weighted by molar-refractivity contribution is 0.0696. The molecule has 3 aromatic rings. The fraction of sp³-hybridized carbons (Fsp3) is 0.0667. The molecule has 0 aliphatic rings. The summed E-state index contributed by atoms with van der Waals surface area (Å²) in [4.78, 5) is 17.3. The average molecular weight is 317 g/mol. The molecule has 4 nitrogen and oxygen atoms in total. The van der Waals surface area contributed by atoms with Gasteiger partial charge in [0, 0.05) is 10.6 Å². The summed E-state index contributed by atoms with van der Waals surface area (Å²) in [6.07, 6.45) is 1.64. The standard InChI is InChI=1S/C15H11NO3S2/c17-15(18)10-3-1-4-12(7-10)21-9-11-8-19-14(16-11)13-5-2-6-20-13/h1-8H,9H2,(H,17,18). The first-order chi connectivity index (χ1) is 10.2. The van der Waals surface area contributed by atoms with Crippen molar-refractivity contribution in [1.82, 2.24) is 4.98 Å². The lowest BCUT2D eigenvalue weighted by Gasteiger charge is -2.00. The van der Waals surface area contributed by atoms with Gasteiger partial charge in [0.2, 0.25) is 5.89 Å². The lowest BCUT2D eigenvalue weighted by Crippen LogP contribution is -1.95. The number of carboxylic acids is 1. The van der Waals surface area contributed by atoms with E-state index in [1.807, 2.05) is 23.6 Å². The molecule has 6 heteroatoms. The maximum atomic E-state index is 10.9. The van der Waals surface area contributed by atoms with E-state index < -0.39 is 5.97 Å². The number of thiophene rings is 1. The zero-order valence-corrected chi connectivity index (χ0v) is 12.5. The van der Waals surface area contributed by atoms with E-state index in [1.54, 1.807) is 35.8 Å². The third kappa shape index (κ3) is 3.34. The van der Waals surface area contributed by atoms with E-state index in [1.165, 1.54) is 11.8 Å². The van der Waals surface area contributed by atoms with Crippen molar-refractivity contribution in [2.24, 2.45) is 0 Å². The summed E-state index contributed by atoms with van der Waals surface area (Å²) in [6.45, 7) is 0. The Morgan fingerprint density at radius 1 is 1.33 bits per heavy atom. The Balaban J connectivity index is 1.68. The van der Waals surface area contributed by atoms with Gasteiger partial charge in [-0.25, -0.2) is 9.78 Å². The monoisotopic (exact) mass is 317 g/mol. The minimum Gasteiger partial charge on any atom is -0.478 e. The van der Waals surface area contributed by atoms with Crippen molar-refractivity contribution in [2.75, 3.05) is 0 Å². The molecule has 0 aliphatic carbocycles. The zero-order valence-electron chi connectivity index (χ0n) is 10.9. The van der Waals surface area contributed by atoms with Gasteiger partial charge in [0.25, 0.3) is 0 Å². The van der Waals surface area contributed by atoms with Gasteiger partial charge < -0.3 is 9.52 Å². The summed E-state index contributed by atoms with van der Waals surface area (Å²) in [5, 5.41) is 10.9. The van der Waals surface area contributed by atoms with Crippen LogP contribution in [0.2, 0.25) is 0 Å². The van der Waals surface area contributed by atoms with Crippen molar-refractivity contribution in [3.05, 3.63) is 59.3 Å². The van der Waals surface area contributed by atoms with Crippen molar-refractivity contribution in [3.8, 4) is 10.8 Å². The molecule has 0 amide bonds. The van der Waals surface area contributed by atoms with Crippen molar-refractivity contribution in [3.63, 3.8) is 0 Å². The first kappa shape index (κ1) is 13.9. The summed E-state index contributed by atoms with van der Waals surface area (Å²) in [7, 11) is 0. The second kappa shape index (κ2) is 6.15. The molecule has 0 radical (unpaired) electrons. The number of carbonyl (C=O) groups is 1. The van der Waals surface area contributed by atoms with Crippen LogP contribution in [0.4, 0.5) is 0 Å². The van der Waals surface area contributed by atoms with Crippen LogP contribution in [0.25, 0.3) is 10.8 Å². The number of rotatable bonds is 5. The normalized spacial score (nSPS) is 10.7. The fourth-order valence-electron chi connectivity index (χ4n) is 1.76. The van der Waals surface area contributed by atoms with Crippen LogP contribution in [0.5, 0.6) is 0 Å². The molecular weight excluding hydrogens is 306 g/mol. The molecule has 106 valence electrons. The Labute approximate surface area is 129 Å². The minimum atomic E-state index is -0.918. The second-order valence-corrected chi connectivity index (χ2v) is 6.24. The number of aromatic nitrogens is 1. The van der Waals surface area contributed by atoms with E-state index in [4.69, 9.17) is 9.52 Å². The summed E-state index contributed by atoms with van der Waals surface area (Å²) >= 11 is 3.11. The maximum absolute atomic E-state index is 10.9. The van der Waals surface area contributed by atoms with Crippen LogP contribution in [0.15, 0.2) is 57.4 Å². The Morgan fingerprint density at radius 2 is 2.24 bits per heavy atom. The van der Waals surface area contributed by atoms with Gasteiger partial charge in [0.05, 0.1) is 16.1 Å². The molecule has 0 atom stereocenters. The summed E-state index contributed by atoms with van der Waals surface area (Å²) in [5.41, 5.74) is 1.13. The van der Waals surface area contributed by atoms with E-state index in [0.717, 1.165) is 15.5 Å². The number of thioether (sulfide) groups is 1. The van der Waals surface area contributed by atoms with Crippen molar-refractivity contribution < 1.29 is 14.3 Å². The Bertz CT molecular complexity index is 750. The number of aromatic carboxylic acids is 1. The molecule has 0 aliphatic heterocycles. The van der Waals surface area contributed by atoms with Crippen LogP contribution in [0.1, 0.15) is 16.1 Å². The number of benzene rings is 1. The van der Waals surface area contributed by atoms with Crippen LogP contribution >= 0.6 is 23.1 Å². The van der Waals surface area contributed by atoms with Crippen LogP contribution in [-0.2, 0) is 5.75 Å². The third-order valence-electron chi connectivity index (χ3n) is 2.75. The lowest BCUT2D eigenvalue weighted by atomic mass is 10.2. The number of hydrogen-bond acceptors (Lipinski definition) is 5. The summed E-state index contributed by atoms with van der Waals surface area (Å²) in [6, 6.07) is 10.8. The molecule has 3 rings (SSSR count). The Kier molecular flexibility index (Phi) is 4.08. The number of oxazole rings is 1. The van der Waals surface area contributed by atoms with Gasteiger partial charge in [-0.1, -0.05) is 12.1 Å². The molecule has 0 spiro atoms. The molecule has 2 aromatic heterocycles. The molecule has 0 saturated heterocycles. The largest absolute Gasteiger partial charge is 0.478 e. The third-order valence-corrected chi connectivity index (χ3v) is 4.64. The van der Waals surface area contributed by atoms with Gasteiger partial charge in [-0.3, -0.25) is 0 Å². The van der Waals surface area contributed by atoms with Crippen LogP contribution in [-0.4, -0.2) is 16.1 Å². The summed E-state index contributed by atoms with van der Waals surface area (Å²) in [5.74, 6) is 0.344. The van der Waals surface area contributed by atoms with Gasteiger partial charge in [-0.2, -0.15) is 0 Å². The molecule has 21 heavy (non-hydrogen) atoms. The topological polar surface area (TPSA) is 63.3 Å². The molecule has 0 fully saturated rings. The molecule has 1 N–H and O–H groups in total. The second-order valence-electron chi connectivity index (χ2n) is 4.24. The van der Waals surface area contributed by atoms with Crippen molar-refractivity contribution >= 4 is 29.1 Å². The van der Waals surface area contributed by atoms with Gasteiger partial charge in [-0.15, -0.1) is 23.1 Å². The van der Waals surface area contributed by atoms with Gasteiger partial charge >= 0.3 is 5.97 Å². The van der Waals surface area contributed by atoms with Gasteiger partial charge in [-0.05, 0) is 29.6 Å². The van der Waals surface area contributed by atoms with E-state index in [9.17, 15) is 4.79 Å². The Morgan fingerprint density at radius 3 is 3.00 bits per heavy atom. The zero-order chi connectivity index (χ0) is 14.7. The van der Waals surface area contributed by atoms with Gasteiger partial charge in [0.15, 0.2) is 0 Å². The Hall–Kier alpha value is -2.05. The molecule has 2 heterocycles. The SMILES string of the molecule is O=C(O)c1cccc(SCc2coc(-c3cccs3)n2)c1.